The van der Waals surface area contributed by atoms with Crippen LogP contribution in [0.25, 0.3) is 0 Å². The molecule has 1 saturated heterocycles. The summed E-state index contributed by atoms with van der Waals surface area (Å²) in [5, 5.41) is 0. The van der Waals surface area contributed by atoms with E-state index in [1.165, 1.54) is 17.1 Å². The highest BCUT2D eigenvalue weighted by Crippen LogP contribution is 2.26. The van der Waals surface area contributed by atoms with Crippen LogP contribution in [-0.2, 0) is 0 Å². The average Bonchev–Trinajstić information content (AvgIpc) is 2.70. The Hall–Kier alpha value is -2.94. The molecular weight excluding hydrogens is 294 g/mol. The Labute approximate surface area is 143 Å². The van der Waals surface area contributed by atoms with Crippen molar-refractivity contribution in [1.29, 1.82) is 0 Å². The standard InChI is InChI=1S/C21H21N3/c1-4-10-19(11-5-1)22-16-23(20-12-6-2-7-13-20)18-24(17-22)21-14-8-3-9-15-21/h1-15H,16-18H2. The summed E-state index contributed by atoms with van der Waals surface area (Å²) in [5.41, 5.74) is 3.75. The van der Waals surface area contributed by atoms with E-state index in [0.29, 0.717) is 0 Å². The Bertz CT molecular complexity index is 645. The molecule has 0 unspecified atom stereocenters. The molecule has 4 rings (SSSR count). The van der Waals surface area contributed by atoms with Gasteiger partial charge in [0.25, 0.3) is 0 Å². The molecule has 1 fully saturated rings. The minimum absolute atomic E-state index is 0.886. The van der Waals surface area contributed by atoms with Crippen molar-refractivity contribution in [2.24, 2.45) is 0 Å². The first-order valence-electron chi connectivity index (χ1n) is 8.30. The first kappa shape index (κ1) is 14.6. The van der Waals surface area contributed by atoms with E-state index in [-0.39, 0.29) is 0 Å². The van der Waals surface area contributed by atoms with Crippen LogP contribution in [0.4, 0.5) is 17.1 Å². The first-order valence-corrected chi connectivity index (χ1v) is 8.30. The monoisotopic (exact) mass is 315 g/mol. The van der Waals surface area contributed by atoms with Gasteiger partial charge in [-0.15, -0.1) is 0 Å². The van der Waals surface area contributed by atoms with E-state index in [0.717, 1.165) is 20.0 Å². The Morgan fingerprint density at radius 2 is 0.625 bits per heavy atom. The van der Waals surface area contributed by atoms with Gasteiger partial charge in [-0.1, -0.05) is 54.6 Å². The van der Waals surface area contributed by atoms with Crippen molar-refractivity contribution in [1.82, 2.24) is 0 Å². The third-order valence-electron chi connectivity index (χ3n) is 4.39. The Balaban J connectivity index is 1.66. The van der Waals surface area contributed by atoms with Crippen LogP contribution < -0.4 is 14.7 Å². The summed E-state index contributed by atoms with van der Waals surface area (Å²) in [5.74, 6) is 0. The fourth-order valence-electron chi connectivity index (χ4n) is 3.16. The van der Waals surface area contributed by atoms with E-state index in [1.54, 1.807) is 0 Å². The van der Waals surface area contributed by atoms with Crippen LogP contribution in [0.5, 0.6) is 0 Å². The van der Waals surface area contributed by atoms with Gasteiger partial charge in [-0.2, -0.15) is 0 Å². The summed E-state index contributed by atoms with van der Waals surface area (Å²) in [7, 11) is 0. The molecule has 3 nitrogen and oxygen atoms in total. The van der Waals surface area contributed by atoms with Crippen LogP contribution in [0.15, 0.2) is 91.0 Å². The van der Waals surface area contributed by atoms with Crippen molar-refractivity contribution in [3.8, 4) is 0 Å². The van der Waals surface area contributed by atoms with E-state index in [2.05, 4.69) is 106 Å². The van der Waals surface area contributed by atoms with Gasteiger partial charge in [0.05, 0.1) is 20.0 Å². The molecule has 0 aliphatic carbocycles. The van der Waals surface area contributed by atoms with Crippen LogP contribution in [0, 0.1) is 0 Å². The number of hydrogen-bond acceptors (Lipinski definition) is 3. The van der Waals surface area contributed by atoms with Gasteiger partial charge in [0.1, 0.15) is 0 Å². The molecule has 3 heteroatoms. The zero-order chi connectivity index (χ0) is 16.2. The fraction of sp³-hybridized carbons (Fsp3) is 0.143. The Kier molecular flexibility index (Phi) is 4.07. The number of benzene rings is 3. The van der Waals surface area contributed by atoms with E-state index in [4.69, 9.17) is 0 Å². The quantitative estimate of drug-likeness (QED) is 0.709. The number of rotatable bonds is 3. The van der Waals surface area contributed by atoms with Crippen molar-refractivity contribution in [2.75, 3.05) is 34.7 Å². The molecule has 0 aromatic heterocycles. The molecule has 1 aliphatic heterocycles. The highest BCUT2D eigenvalue weighted by atomic mass is 15.5. The molecule has 3 aromatic carbocycles. The van der Waals surface area contributed by atoms with Crippen LogP contribution in [-0.4, -0.2) is 20.0 Å². The molecule has 0 amide bonds. The molecule has 120 valence electrons. The third kappa shape index (κ3) is 3.06. The van der Waals surface area contributed by atoms with Crippen molar-refractivity contribution >= 4 is 17.1 Å². The van der Waals surface area contributed by atoms with Crippen LogP contribution in [0.2, 0.25) is 0 Å². The van der Waals surface area contributed by atoms with Gasteiger partial charge in [-0.05, 0) is 36.4 Å². The Morgan fingerprint density at radius 3 is 0.875 bits per heavy atom. The maximum Gasteiger partial charge on any atom is 0.0937 e. The van der Waals surface area contributed by atoms with E-state index < -0.39 is 0 Å². The van der Waals surface area contributed by atoms with E-state index in [1.807, 2.05) is 0 Å². The average molecular weight is 315 g/mol. The van der Waals surface area contributed by atoms with Gasteiger partial charge in [-0.3, -0.25) is 0 Å². The van der Waals surface area contributed by atoms with Crippen molar-refractivity contribution in [3.63, 3.8) is 0 Å². The molecule has 1 heterocycles. The van der Waals surface area contributed by atoms with E-state index in [9.17, 15) is 0 Å². The summed E-state index contributed by atoms with van der Waals surface area (Å²) in [6.07, 6.45) is 0. The maximum absolute atomic E-state index is 2.41. The zero-order valence-electron chi connectivity index (χ0n) is 13.6. The molecule has 0 N–H and O–H groups in total. The molecule has 0 radical (unpaired) electrons. The molecule has 1 aliphatic rings. The van der Waals surface area contributed by atoms with Gasteiger partial charge in [0, 0.05) is 17.1 Å². The number of hydrogen-bond donors (Lipinski definition) is 0. The molecule has 0 bridgehead atoms. The van der Waals surface area contributed by atoms with Crippen LogP contribution in [0.3, 0.4) is 0 Å². The van der Waals surface area contributed by atoms with Crippen molar-refractivity contribution in [3.05, 3.63) is 91.0 Å². The smallest absolute Gasteiger partial charge is 0.0937 e. The lowest BCUT2D eigenvalue weighted by molar-refractivity contribution is 0.611. The normalized spacial score (nSPS) is 14.8. The SMILES string of the molecule is c1ccc(N2CN(c3ccccc3)CN(c3ccccc3)C2)cc1. The summed E-state index contributed by atoms with van der Waals surface area (Å²) < 4.78 is 0. The molecular formula is C21H21N3. The van der Waals surface area contributed by atoms with Gasteiger partial charge < -0.3 is 14.7 Å². The van der Waals surface area contributed by atoms with Crippen LogP contribution >= 0.6 is 0 Å². The zero-order valence-corrected chi connectivity index (χ0v) is 13.6. The highest BCUT2D eigenvalue weighted by Gasteiger charge is 2.23. The highest BCUT2D eigenvalue weighted by molar-refractivity contribution is 5.58. The third-order valence-corrected chi connectivity index (χ3v) is 4.39. The molecule has 0 spiro atoms. The summed E-state index contributed by atoms with van der Waals surface area (Å²) in [6.45, 7) is 2.66. The minimum atomic E-state index is 0.886. The summed E-state index contributed by atoms with van der Waals surface area (Å²) >= 11 is 0. The van der Waals surface area contributed by atoms with Gasteiger partial charge >= 0.3 is 0 Å². The minimum Gasteiger partial charge on any atom is -0.336 e. The topological polar surface area (TPSA) is 9.72 Å². The van der Waals surface area contributed by atoms with Gasteiger partial charge in [0.15, 0.2) is 0 Å². The summed E-state index contributed by atoms with van der Waals surface area (Å²) in [4.78, 5) is 7.22. The van der Waals surface area contributed by atoms with Crippen molar-refractivity contribution in [2.45, 2.75) is 0 Å². The van der Waals surface area contributed by atoms with E-state index >= 15 is 0 Å². The molecule has 24 heavy (non-hydrogen) atoms. The molecule has 0 atom stereocenters. The Morgan fingerprint density at radius 1 is 0.375 bits per heavy atom. The second-order valence-electron chi connectivity index (χ2n) is 6.05. The van der Waals surface area contributed by atoms with Crippen molar-refractivity contribution < 1.29 is 0 Å². The number of para-hydroxylation sites is 3. The van der Waals surface area contributed by atoms with Gasteiger partial charge in [-0.25, -0.2) is 0 Å². The molecule has 0 saturated carbocycles. The first-order chi connectivity index (χ1) is 11.9. The summed E-state index contributed by atoms with van der Waals surface area (Å²) in [6, 6.07) is 31.9. The second-order valence-corrected chi connectivity index (χ2v) is 6.05. The predicted octanol–water partition coefficient (Wildman–Crippen LogP) is 4.39. The second kappa shape index (κ2) is 6.67. The lowest BCUT2D eigenvalue weighted by Crippen LogP contribution is -2.55. The maximum atomic E-state index is 2.41. The van der Waals surface area contributed by atoms with Crippen LogP contribution in [0.1, 0.15) is 0 Å². The largest absolute Gasteiger partial charge is 0.336 e. The lowest BCUT2D eigenvalue weighted by Gasteiger charge is -2.45. The number of nitrogens with zero attached hydrogens (tertiary/aromatic N) is 3. The fourth-order valence-corrected chi connectivity index (χ4v) is 3.16. The lowest BCUT2D eigenvalue weighted by atomic mass is 10.2. The molecule has 3 aromatic rings. The van der Waals surface area contributed by atoms with Gasteiger partial charge in [0.2, 0.25) is 0 Å². The predicted molar refractivity (Wildman–Crippen MR) is 101 cm³/mol. The number of anilines is 3.